The van der Waals surface area contributed by atoms with Crippen LogP contribution in [-0.2, 0) is 30.6 Å². The van der Waals surface area contributed by atoms with E-state index in [0.717, 1.165) is 18.5 Å². The predicted molar refractivity (Wildman–Crippen MR) is 243 cm³/mol. The van der Waals surface area contributed by atoms with Gasteiger partial charge in [-0.05, 0) is 63.8 Å². The smallest absolute Gasteiger partial charge is 0.383 e. The monoisotopic (exact) mass is 940 g/mol. The van der Waals surface area contributed by atoms with E-state index in [2.05, 4.69) is 45.1 Å². The minimum Gasteiger partial charge on any atom is -0.383 e. The van der Waals surface area contributed by atoms with E-state index < -0.39 is 29.8 Å². The number of aromatic amines is 2. The fraction of sp³-hybridized carbons (Fsp3) is 0.349. The van der Waals surface area contributed by atoms with Gasteiger partial charge in [-0.2, -0.15) is 13.2 Å². The van der Waals surface area contributed by atoms with E-state index in [1.54, 1.807) is 29.4 Å². The van der Waals surface area contributed by atoms with E-state index in [9.17, 15) is 22.8 Å². The number of carbonyl (C=O) groups is 2. The lowest BCUT2D eigenvalue weighted by molar-refractivity contribution is -0.123. The lowest BCUT2D eigenvalue weighted by Crippen LogP contribution is -2.54. The molecule has 23 heteroatoms. The lowest BCUT2D eigenvalue weighted by Gasteiger charge is -2.43. The van der Waals surface area contributed by atoms with Crippen molar-refractivity contribution >= 4 is 91.0 Å². The van der Waals surface area contributed by atoms with E-state index in [1.807, 2.05) is 31.4 Å². The van der Waals surface area contributed by atoms with Crippen LogP contribution < -0.4 is 22.1 Å². The van der Waals surface area contributed by atoms with Gasteiger partial charge in [0, 0.05) is 64.8 Å². The van der Waals surface area contributed by atoms with Crippen LogP contribution in [0.5, 0.6) is 0 Å². The van der Waals surface area contributed by atoms with Crippen LogP contribution in [-0.4, -0.2) is 103 Å². The second-order valence-electron chi connectivity index (χ2n) is 18.2. The van der Waals surface area contributed by atoms with Gasteiger partial charge in [0.05, 0.1) is 56.4 Å². The van der Waals surface area contributed by atoms with E-state index in [4.69, 9.17) is 44.6 Å². The number of pyridine rings is 2. The second-order valence-corrected chi connectivity index (χ2v) is 18.9. The molecule has 340 valence electrons. The number of urea groups is 2. The third-order valence-electron chi connectivity index (χ3n) is 12.8. The summed E-state index contributed by atoms with van der Waals surface area (Å²) in [5.74, 6) is 0.369. The maximum absolute atomic E-state index is 13.8. The molecule has 8 aromatic rings. The minimum atomic E-state index is -4.65. The Kier molecular flexibility index (Phi) is 9.23. The molecule has 4 amide bonds. The van der Waals surface area contributed by atoms with Crippen molar-refractivity contribution in [1.29, 1.82) is 0 Å². The number of alkyl halides is 3. The van der Waals surface area contributed by atoms with Crippen molar-refractivity contribution in [2.24, 2.45) is 0 Å². The summed E-state index contributed by atoms with van der Waals surface area (Å²) in [7, 11) is 0. The highest BCUT2D eigenvalue weighted by atomic mass is 35.5. The summed E-state index contributed by atoms with van der Waals surface area (Å²) < 4.78 is 44.5. The SMILES string of the molecule is CC1(C)CN(C(=O)NC2CC2)Cc2c(-c3[nH]c4ncc(CC5(C)CN(C(=O)NCC(F)(F)F)Cc6c(-c7[nH]c8ncccc8c7Cl)c7c(N)ncnc7n65)cc4c3Cl)c3c(N)ncnc3n21. The molecule has 8 N–H and O–H groups in total. The highest BCUT2D eigenvalue weighted by molar-refractivity contribution is 6.39. The number of carbonyl (C=O) groups excluding carboxylic acids is 2. The quantitative estimate of drug-likeness (QED) is 0.0981. The van der Waals surface area contributed by atoms with Crippen LogP contribution in [0.15, 0.2) is 43.2 Å². The Morgan fingerprint density at radius 2 is 1.41 bits per heavy atom. The number of nitrogen functional groups attached to an aromatic ring is 2. The van der Waals surface area contributed by atoms with Crippen molar-refractivity contribution in [3.63, 3.8) is 0 Å². The van der Waals surface area contributed by atoms with Gasteiger partial charge in [0.25, 0.3) is 0 Å². The van der Waals surface area contributed by atoms with E-state index in [1.165, 1.54) is 17.6 Å². The summed E-state index contributed by atoms with van der Waals surface area (Å²) in [6.07, 6.45) is 3.47. The Balaban J connectivity index is 1.05. The molecule has 1 unspecified atom stereocenters. The predicted octanol–water partition coefficient (Wildman–Crippen LogP) is 7.20. The summed E-state index contributed by atoms with van der Waals surface area (Å²) in [5.41, 5.74) is 17.5. The highest BCUT2D eigenvalue weighted by Gasteiger charge is 2.44. The first kappa shape index (κ1) is 41.8. The molecule has 0 saturated heterocycles. The fourth-order valence-electron chi connectivity index (χ4n) is 10.1. The van der Waals surface area contributed by atoms with Crippen LogP contribution in [0.2, 0.25) is 10.0 Å². The number of H-pyrrole nitrogens is 2. The zero-order chi connectivity index (χ0) is 46.2. The molecular formula is C43H41Cl2F3N16O2. The number of amides is 4. The largest absolute Gasteiger partial charge is 0.405 e. The van der Waals surface area contributed by atoms with Gasteiger partial charge in [-0.25, -0.2) is 39.5 Å². The minimum absolute atomic E-state index is 0.0499. The fourth-order valence-corrected chi connectivity index (χ4v) is 10.7. The van der Waals surface area contributed by atoms with Crippen molar-refractivity contribution in [3.8, 4) is 22.5 Å². The van der Waals surface area contributed by atoms with Crippen molar-refractivity contribution in [2.75, 3.05) is 31.1 Å². The normalized spacial score (nSPS) is 18.4. The van der Waals surface area contributed by atoms with Gasteiger partial charge in [-0.1, -0.05) is 23.2 Å². The number of aromatic nitrogens is 10. The van der Waals surface area contributed by atoms with E-state index in [-0.39, 0.29) is 49.8 Å². The number of hydrogen-bond acceptors (Lipinski definition) is 10. The molecule has 1 atom stereocenters. The van der Waals surface area contributed by atoms with Crippen molar-refractivity contribution in [3.05, 3.63) is 70.2 Å². The molecule has 10 heterocycles. The summed E-state index contributed by atoms with van der Waals surface area (Å²) in [4.78, 5) is 64.5. The first-order chi connectivity index (χ1) is 31.4. The van der Waals surface area contributed by atoms with Crippen LogP contribution in [0.4, 0.5) is 34.4 Å². The molecule has 3 aliphatic rings. The lowest BCUT2D eigenvalue weighted by atomic mass is 9.89. The molecule has 11 rings (SSSR count). The van der Waals surface area contributed by atoms with Crippen molar-refractivity contribution in [2.45, 2.75) is 76.4 Å². The molecular weight excluding hydrogens is 900 g/mol. The number of rotatable bonds is 6. The summed E-state index contributed by atoms with van der Waals surface area (Å²) >= 11 is 14.5. The molecule has 2 aliphatic heterocycles. The van der Waals surface area contributed by atoms with E-state index >= 15 is 0 Å². The number of nitrogens with two attached hydrogens (primary N) is 2. The number of halogens is 5. The van der Waals surface area contributed by atoms with E-state index in [0.29, 0.717) is 94.5 Å². The summed E-state index contributed by atoms with van der Waals surface area (Å²) in [5, 5.41) is 8.03. The average Bonchev–Trinajstić information content (AvgIpc) is 3.62. The summed E-state index contributed by atoms with van der Waals surface area (Å²) in [6.45, 7) is 4.92. The maximum atomic E-state index is 13.8. The molecule has 0 aromatic carbocycles. The Bertz CT molecular complexity index is 3350. The number of fused-ring (bicyclic) bond motifs is 8. The Labute approximate surface area is 382 Å². The first-order valence-corrected chi connectivity index (χ1v) is 21.9. The zero-order valence-electron chi connectivity index (χ0n) is 35.6. The Morgan fingerprint density at radius 1 is 0.818 bits per heavy atom. The first-order valence-electron chi connectivity index (χ1n) is 21.1. The Hall–Kier alpha value is -6.87. The third kappa shape index (κ3) is 6.60. The van der Waals surface area contributed by atoms with Crippen molar-refractivity contribution in [1.82, 2.24) is 69.4 Å². The third-order valence-corrected chi connectivity index (χ3v) is 13.6. The van der Waals surface area contributed by atoms with Gasteiger partial charge < -0.3 is 51.0 Å². The van der Waals surface area contributed by atoms with Crippen LogP contribution in [0.25, 0.3) is 66.6 Å². The molecule has 1 aliphatic carbocycles. The number of hydrogen-bond donors (Lipinski definition) is 6. The van der Waals surface area contributed by atoms with Gasteiger partial charge in [0.1, 0.15) is 53.4 Å². The second kappa shape index (κ2) is 14.6. The van der Waals surface area contributed by atoms with Crippen LogP contribution >= 0.6 is 23.2 Å². The topological polar surface area (TPSA) is 236 Å². The molecule has 66 heavy (non-hydrogen) atoms. The number of anilines is 2. The highest BCUT2D eigenvalue weighted by Crippen LogP contribution is 2.49. The molecule has 0 radical (unpaired) electrons. The van der Waals surface area contributed by atoms with Gasteiger partial charge in [-0.3, -0.25) is 0 Å². The van der Waals surface area contributed by atoms with Gasteiger partial charge in [0.15, 0.2) is 0 Å². The van der Waals surface area contributed by atoms with Gasteiger partial charge in [0.2, 0.25) is 0 Å². The molecule has 0 spiro atoms. The van der Waals surface area contributed by atoms with Crippen LogP contribution in [0, 0.1) is 0 Å². The molecule has 8 aromatic heterocycles. The van der Waals surface area contributed by atoms with Crippen LogP contribution in [0.1, 0.15) is 50.6 Å². The Morgan fingerprint density at radius 3 is 2.03 bits per heavy atom. The van der Waals surface area contributed by atoms with Crippen LogP contribution in [0.3, 0.4) is 0 Å². The molecule has 18 nitrogen and oxygen atoms in total. The summed E-state index contributed by atoms with van der Waals surface area (Å²) in [6, 6.07) is 4.52. The zero-order valence-corrected chi connectivity index (χ0v) is 37.1. The molecule has 1 fully saturated rings. The average molecular weight is 942 g/mol. The van der Waals surface area contributed by atoms with Crippen molar-refractivity contribution < 1.29 is 22.8 Å². The molecule has 1 saturated carbocycles. The maximum Gasteiger partial charge on any atom is 0.405 e. The van der Waals surface area contributed by atoms with Gasteiger partial charge in [-0.15, -0.1) is 0 Å². The number of nitrogens with zero attached hydrogens (tertiary/aromatic N) is 10. The standard InChI is InChI=1S/C43H41Cl2F3N16O2/c1-41(2)15-61(40(66)58-20-6-7-20)12-23-25(27-33(49)54-17-56-37(27)63(23)41)32-30(45)22-9-19(11-52-36(22)60-32)10-42(3)16-62(39(65)53-14-43(46,47)48)13-24-26(28-34(50)55-18-57-38(28)64(24)42)31-29(44)21-5-4-8-51-35(21)59-31/h4-5,8-9,11,17-18,20H,6-7,10,12-16H2,1-3H3,(H,51,59)(H,52,60)(H,53,65)(H,58,66)(H2,49,54,56)(H2,50,55,57). The molecule has 0 bridgehead atoms. The van der Waals surface area contributed by atoms with Gasteiger partial charge >= 0.3 is 18.2 Å². The number of nitrogens with one attached hydrogen (secondary N) is 4.